The van der Waals surface area contributed by atoms with E-state index in [9.17, 15) is 14.4 Å². The second kappa shape index (κ2) is 9.47. The second-order valence-electron chi connectivity index (χ2n) is 8.29. The van der Waals surface area contributed by atoms with Crippen molar-refractivity contribution in [1.82, 2.24) is 14.9 Å². The molecule has 0 radical (unpaired) electrons. The Bertz CT molecular complexity index is 786. The first-order valence-electron chi connectivity index (χ1n) is 10.5. The highest BCUT2D eigenvalue weighted by Gasteiger charge is 2.33. The molecular formula is C22H31N3O5. The Kier molecular flexibility index (Phi) is 6.97. The summed E-state index contributed by atoms with van der Waals surface area (Å²) in [5.41, 5.74) is 1.15. The number of rotatable bonds is 7. The van der Waals surface area contributed by atoms with Crippen LogP contribution in [0, 0.1) is 0 Å². The molecule has 2 unspecified atom stereocenters. The van der Waals surface area contributed by atoms with Crippen LogP contribution in [0.4, 0.5) is 0 Å². The van der Waals surface area contributed by atoms with Gasteiger partial charge in [-0.15, -0.1) is 0 Å². The van der Waals surface area contributed by atoms with Crippen molar-refractivity contribution in [2.45, 2.75) is 65.1 Å². The lowest BCUT2D eigenvalue weighted by Gasteiger charge is -2.36. The van der Waals surface area contributed by atoms with Crippen molar-refractivity contribution >= 4 is 17.7 Å². The van der Waals surface area contributed by atoms with Gasteiger partial charge in [0.2, 0.25) is 5.91 Å². The first-order valence-corrected chi connectivity index (χ1v) is 10.5. The third-order valence-corrected chi connectivity index (χ3v) is 5.66. The van der Waals surface area contributed by atoms with Crippen LogP contribution in [0.25, 0.3) is 0 Å². The molecule has 164 valence electrons. The van der Waals surface area contributed by atoms with Crippen LogP contribution in [0.5, 0.6) is 0 Å². The lowest BCUT2D eigenvalue weighted by molar-refractivity contribution is -0.194. The largest absolute Gasteiger partial charge is 0.480 e. The van der Waals surface area contributed by atoms with Gasteiger partial charge >= 0.3 is 0 Å². The second-order valence-corrected chi connectivity index (χ2v) is 8.29. The Labute approximate surface area is 177 Å². The van der Waals surface area contributed by atoms with Crippen LogP contribution in [-0.4, -0.2) is 70.6 Å². The summed E-state index contributed by atoms with van der Waals surface area (Å²) in [7, 11) is 0. The van der Waals surface area contributed by atoms with Crippen molar-refractivity contribution in [2.75, 3.05) is 19.9 Å². The molecule has 0 aromatic heterocycles. The number of hydrogen-bond acceptors (Lipinski definition) is 5. The molecular weight excluding hydrogens is 386 g/mol. The van der Waals surface area contributed by atoms with Crippen molar-refractivity contribution in [1.29, 1.82) is 0 Å². The van der Waals surface area contributed by atoms with Gasteiger partial charge in [-0.1, -0.05) is 6.08 Å². The summed E-state index contributed by atoms with van der Waals surface area (Å²) in [6, 6.07) is -0.377. The number of carbonyl (C=O) groups excluding carboxylic acids is 3. The van der Waals surface area contributed by atoms with Crippen LogP contribution < -0.4 is 0 Å². The van der Waals surface area contributed by atoms with Gasteiger partial charge in [-0.05, 0) is 52.7 Å². The fraction of sp³-hybridized carbons (Fsp3) is 0.591. The molecule has 0 spiro atoms. The van der Waals surface area contributed by atoms with Gasteiger partial charge in [-0.3, -0.25) is 19.2 Å². The maximum absolute atomic E-state index is 13.0. The van der Waals surface area contributed by atoms with Crippen LogP contribution in [0.15, 0.2) is 35.6 Å². The molecule has 3 amide bonds. The van der Waals surface area contributed by atoms with Crippen LogP contribution in [0.1, 0.15) is 47.0 Å². The Morgan fingerprint density at radius 2 is 1.70 bits per heavy atom. The Balaban J connectivity index is 1.62. The summed E-state index contributed by atoms with van der Waals surface area (Å²) in [5, 5.41) is 1.35. The van der Waals surface area contributed by atoms with E-state index < -0.39 is 0 Å². The monoisotopic (exact) mass is 417 g/mol. The van der Waals surface area contributed by atoms with Crippen LogP contribution >= 0.6 is 0 Å². The van der Waals surface area contributed by atoms with E-state index in [1.165, 1.54) is 11.3 Å². The number of ether oxygens (including phenoxy) is 1. The van der Waals surface area contributed by atoms with E-state index in [0.29, 0.717) is 30.5 Å². The summed E-state index contributed by atoms with van der Waals surface area (Å²) in [6.07, 6.45) is 8.36. The van der Waals surface area contributed by atoms with Crippen LogP contribution in [0.2, 0.25) is 0 Å². The minimum atomic E-state index is -0.332. The summed E-state index contributed by atoms with van der Waals surface area (Å²) >= 11 is 0. The van der Waals surface area contributed by atoms with Gasteiger partial charge in [0.05, 0.1) is 24.5 Å². The van der Waals surface area contributed by atoms with Gasteiger partial charge in [-0.25, -0.2) is 5.06 Å². The van der Waals surface area contributed by atoms with E-state index in [-0.39, 0.29) is 49.2 Å². The Morgan fingerprint density at radius 1 is 0.967 bits per heavy atom. The van der Waals surface area contributed by atoms with E-state index in [1.54, 1.807) is 22.0 Å². The summed E-state index contributed by atoms with van der Waals surface area (Å²) < 4.78 is 5.44. The van der Waals surface area contributed by atoms with Gasteiger partial charge in [0.1, 0.15) is 0 Å². The smallest absolute Gasteiger partial charge is 0.273 e. The normalized spacial score (nSPS) is 22.2. The molecule has 0 bridgehead atoms. The zero-order valence-corrected chi connectivity index (χ0v) is 18.2. The van der Waals surface area contributed by atoms with E-state index in [4.69, 9.17) is 9.57 Å². The molecule has 2 atom stereocenters. The molecule has 0 saturated heterocycles. The van der Waals surface area contributed by atoms with Gasteiger partial charge < -0.3 is 14.5 Å². The minimum absolute atomic E-state index is 0.0171. The first kappa shape index (κ1) is 22.1. The highest BCUT2D eigenvalue weighted by Crippen LogP contribution is 2.25. The molecule has 0 N–H and O–H groups in total. The van der Waals surface area contributed by atoms with Gasteiger partial charge in [0, 0.05) is 30.6 Å². The topological polar surface area (TPSA) is 79.4 Å². The standard InChI is InChI=1S/C22H31N3O5/c1-15(2)24-14-29-13-19(21(24)27)12-17(4)25-22(28)18(8-10-30-25)11-16(3)23-9-6-5-7-20(23)26/h5,7-8,13,15-17H,6,9-12,14H2,1-4H3. The Morgan fingerprint density at radius 3 is 2.40 bits per heavy atom. The first-order chi connectivity index (χ1) is 14.3. The molecule has 8 heteroatoms. The maximum Gasteiger partial charge on any atom is 0.273 e. The molecule has 30 heavy (non-hydrogen) atoms. The van der Waals surface area contributed by atoms with E-state index >= 15 is 0 Å². The number of amides is 3. The molecule has 0 fully saturated rings. The predicted molar refractivity (Wildman–Crippen MR) is 111 cm³/mol. The van der Waals surface area contributed by atoms with Crippen molar-refractivity contribution in [3.05, 3.63) is 35.6 Å². The van der Waals surface area contributed by atoms with Crippen LogP contribution in [-0.2, 0) is 24.0 Å². The molecule has 0 aromatic carbocycles. The minimum Gasteiger partial charge on any atom is -0.480 e. The fourth-order valence-electron chi connectivity index (χ4n) is 3.91. The van der Waals surface area contributed by atoms with Crippen molar-refractivity contribution in [3.63, 3.8) is 0 Å². The maximum atomic E-state index is 13.0. The third-order valence-electron chi connectivity index (χ3n) is 5.66. The number of hydroxylamine groups is 2. The van der Waals surface area contributed by atoms with Crippen molar-refractivity contribution in [3.8, 4) is 0 Å². The molecule has 0 aliphatic carbocycles. The third kappa shape index (κ3) is 4.75. The van der Waals surface area contributed by atoms with Crippen LogP contribution in [0.3, 0.4) is 0 Å². The Hall–Kier alpha value is -2.61. The lowest BCUT2D eigenvalue weighted by atomic mass is 10.0. The van der Waals surface area contributed by atoms with Crippen molar-refractivity contribution < 1.29 is 24.0 Å². The molecule has 0 aromatic rings. The van der Waals surface area contributed by atoms with E-state index in [0.717, 1.165) is 6.42 Å². The van der Waals surface area contributed by atoms with Crippen molar-refractivity contribution in [2.24, 2.45) is 0 Å². The van der Waals surface area contributed by atoms with Gasteiger partial charge in [-0.2, -0.15) is 0 Å². The highest BCUT2D eigenvalue weighted by molar-refractivity contribution is 5.95. The fourth-order valence-corrected chi connectivity index (χ4v) is 3.91. The van der Waals surface area contributed by atoms with Gasteiger partial charge in [0.15, 0.2) is 6.73 Å². The average molecular weight is 418 g/mol. The summed E-state index contributed by atoms with van der Waals surface area (Å²) in [5.74, 6) is -0.309. The molecule has 3 heterocycles. The van der Waals surface area contributed by atoms with Gasteiger partial charge in [0.25, 0.3) is 11.8 Å². The molecule has 3 rings (SSSR count). The zero-order chi connectivity index (χ0) is 21.8. The highest BCUT2D eigenvalue weighted by atomic mass is 16.7. The van der Waals surface area contributed by atoms with E-state index in [2.05, 4.69) is 0 Å². The quantitative estimate of drug-likeness (QED) is 0.634. The summed E-state index contributed by atoms with van der Waals surface area (Å²) in [4.78, 5) is 46.8. The molecule has 0 saturated carbocycles. The molecule has 3 aliphatic rings. The number of hydrogen-bond donors (Lipinski definition) is 0. The molecule has 3 aliphatic heterocycles. The zero-order valence-electron chi connectivity index (χ0n) is 18.2. The predicted octanol–water partition coefficient (Wildman–Crippen LogP) is 2.14. The SMILES string of the molecule is CC(C)N1COC=C(CC(C)N2OCC=C(CC(C)N3CCC=CC3=O)C2=O)C1=O. The number of nitrogens with zero attached hydrogens (tertiary/aromatic N) is 3. The van der Waals surface area contributed by atoms with E-state index in [1.807, 2.05) is 33.8 Å². The lowest BCUT2D eigenvalue weighted by Crippen LogP contribution is -2.46. The molecule has 8 nitrogen and oxygen atoms in total. The number of carbonyl (C=O) groups is 3. The summed E-state index contributed by atoms with van der Waals surface area (Å²) in [6.45, 7) is 8.87. The average Bonchev–Trinajstić information content (AvgIpc) is 2.71.